The van der Waals surface area contributed by atoms with E-state index in [1.807, 2.05) is 30.3 Å². The van der Waals surface area contributed by atoms with E-state index < -0.39 is 0 Å². The van der Waals surface area contributed by atoms with Crippen LogP contribution in [0.2, 0.25) is 0 Å². The Hall–Kier alpha value is -4.40. The van der Waals surface area contributed by atoms with Crippen LogP contribution in [0, 0.1) is 0 Å². The molecule has 240 valence electrons. The van der Waals surface area contributed by atoms with Crippen molar-refractivity contribution in [2.24, 2.45) is 0 Å². The minimum absolute atomic E-state index is 0.000672. The summed E-state index contributed by atoms with van der Waals surface area (Å²) in [6, 6.07) is 20.1. The monoisotopic (exact) mass is 624 g/mol. The zero-order valence-electron chi connectivity index (χ0n) is 27.6. The number of phenols is 2. The summed E-state index contributed by atoms with van der Waals surface area (Å²) in [5.74, 6) is 3.18. The van der Waals surface area contributed by atoms with E-state index >= 15 is 0 Å². The fourth-order valence-corrected chi connectivity index (χ4v) is 7.61. The van der Waals surface area contributed by atoms with Gasteiger partial charge in [0.2, 0.25) is 5.75 Å². The second-order valence-electron chi connectivity index (χ2n) is 14.1. The van der Waals surface area contributed by atoms with E-state index in [2.05, 4.69) is 52.5 Å². The third-order valence-electron chi connectivity index (χ3n) is 10.5. The molecule has 4 aliphatic rings. The second kappa shape index (κ2) is 11.1. The quantitative estimate of drug-likeness (QED) is 0.238. The van der Waals surface area contributed by atoms with Crippen molar-refractivity contribution in [3.63, 3.8) is 0 Å². The maximum absolute atomic E-state index is 11.5. The molecule has 8 nitrogen and oxygen atoms in total. The van der Waals surface area contributed by atoms with Crippen LogP contribution in [0.25, 0.3) is 0 Å². The van der Waals surface area contributed by atoms with E-state index in [0.717, 1.165) is 53.5 Å². The van der Waals surface area contributed by atoms with Crippen LogP contribution in [0.4, 0.5) is 0 Å². The van der Waals surface area contributed by atoms with Crippen molar-refractivity contribution >= 4 is 0 Å². The number of nitrogens with zero attached hydrogens (tertiary/aromatic N) is 2. The van der Waals surface area contributed by atoms with Gasteiger partial charge < -0.3 is 38.1 Å². The van der Waals surface area contributed by atoms with E-state index in [-0.39, 0.29) is 23.6 Å². The Morgan fingerprint density at radius 2 is 1.30 bits per heavy atom. The molecular formula is C38H44N2O6+2. The van der Waals surface area contributed by atoms with Gasteiger partial charge in [-0.05, 0) is 64.7 Å². The molecule has 4 aliphatic heterocycles. The highest BCUT2D eigenvalue weighted by Gasteiger charge is 2.41. The summed E-state index contributed by atoms with van der Waals surface area (Å²) < 4.78 is 26.1. The number of phenolic OH excluding ortho intramolecular Hbond substituents is 2. The molecular weight excluding hydrogens is 580 g/mol. The molecule has 2 N–H and O–H groups in total. The van der Waals surface area contributed by atoms with Crippen molar-refractivity contribution in [2.75, 3.05) is 55.5 Å². The number of quaternary nitrogens is 2. The molecule has 46 heavy (non-hydrogen) atoms. The molecule has 0 spiro atoms. The number of likely N-dealkylation sites (N-methyl/N-ethyl adjacent to an activating group) is 2. The molecule has 0 saturated heterocycles. The summed E-state index contributed by atoms with van der Waals surface area (Å²) in [6.45, 7) is 1.91. The average Bonchev–Trinajstić information content (AvgIpc) is 3.03. The molecule has 0 aromatic heterocycles. The number of rotatable bonds is 2. The van der Waals surface area contributed by atoms with Crippen molar-refractivity contribution in [3.05, 3.63) is 94.0 Å². The number of hydrogen-bond acceptors (Lipinski definition) is 6. The van der Waals surface area contributed by atoms with Gasteiger partial charge in [-0.2, -0.15) is 0 Å². The summed E-state index contributed by atoms with van der Waals surface area (Å²) in [4.78, 5) is 0. The number of aromatic hydroxyl groups is 2. The lowest BCUT2D eigenvalue weighted by Crippen LogP contribution is -2.48. The zero-order chi connectivity index (χ0) is 32.4. The van der Waals surface area contributed by atoms with Crippen molar-refractivity contribution in [1.29, 1.82) is 0 Å². The van der Waals surface area contributed by atoms with E-state index in [0.29, 0.717) is 45.4 Å². The molecule has 0 saturated carbocycles. The SMILES string of the molecule is COc1cc2c3cc1Oc1cc(ccc1O)C[C@H]1c4c(cc(OC)c(O)c4Oc4ccc(cc4)C[C@@H]3[N+](C)(C)CC2)CC[N+]1(C)C. The Kier molecular flexibility index (Phi) is 7.33. The van der Waals surface area contributed by atoms with Gasteiger partial charge in [0.05, 0.1) is 61.1 Å². The Labute approximate surface area is 271 Å². The van der Waals surface area contributed by atoms with Gasteiger partial charge in [0.25, 0.3) is 0 Å². The molecule has 0 radical (unpaired) electrons. The largest absolute Gasteiger partial charge is 0.504 e. The number of ether oxygens (including phenoxy) is 4. The van der Waals surface area contributed by atoms with Crippen LogP contribution in [0.15, 0.2) is 60.7 Å². The predicted molar refractivity (Wildman–Crippen MR) is 177 cm³/mol. The Morgan fingerprint density at radius 3 is 2.02 bits per heavy atom. The molecule has 0 fully saturated rings. The summed E-state index contributed by atoms with van der Waals surface area (Å²) in [5, 5.41) is 22.5. The molecule has 0 aliphatic carbocycles. The number of hydrogen-bond donors (Lipinski definition) is 2. The maximum Gasteiger partial charge on any atom is 0.201 e. The highest BCUT2D eigenvalue weighted by Crippen LogP contribution is 2.51. The van der Waals surface area contributed by atoms with Gasteiger partial charge in [0, 0.05) is 31.2 Å². The molecule has 6 bridgehead atoms. The predicted octanol–water partition coefficient (Wildman–Crippen LogP) is 6.85. The lowest BCUT2D eigenvalue weighted by Gasteiger charge is -2.43. The molecule has 4 heterocycles. The first kappa shape index (κ1) is 30.3. The highest BCUT2D eigenvalue weighted by atomic mass is 16.5. The highest BCUT2D eigenvalue weighted by molar-refractivity contribution is 5.61. The summed E-state index contributed by atoms with van der Waals surface area (Å²) in [7, 11) is 12.2. The minimum atomic E-state index is -0.0508. The van der Waals surface area contributed by atoms with Crippen molar-refractivity contribution < 1.29 is 38.1 Å². The molecule has 8 heteroatoms. The first-order valence-electron chi connectivity index (χ1n) is 16.0. The normalized spacial score (nSPS) is 20.7. The lowest BCUT2D eigenvalue weighted by atomic mass is 9.85. The van der Waals surface area contributed by atoms with Gasteiger partial charge in [0.1, 0.15) is 17.8 Å². The van der Waals surface area contributed by atoms with Crippen LogP contribution >= 0.6 is 0 Å². The Morgan fingerprint density at radius 1 is 0.674 bits per heavy atom. The number of methoxy groups -OCH3 is 2. The van der Waals surface area contributed by atoms with Crippen LogP contribution in [0.5, 0.6) is 46.0 Å². The van der Waals surface area contributed by atoms with Gasteiger partial charge in [-0.1, -0.05) is 18.2 Å². The van der Waals surface area contributed by atoms with Crippen LogP contribution in [0.1, 0.15) is 45.5 Å². The Bertz CT molecular complexity index is 1810. The third-order valence-corrected chi connectivity index (χ3v) is 10.5. The summed E-state index contributed by atoms with van der Waals surface area (Å²) in [6.07, 6.45) is 3.21. The first-order chi connectivity index (χ1) is 22.0. The van der Waals surface area contributed by atoms with E-state index in [1.165, 1.54) is 16.7 Å². The summed E-state index contributed by atoms with van der Waals surface area (Å²) in [5.41, 5.74) is 6.74. The van der Waals surface area contributed by atoms with Crippen molar-refractivity contribution in [2.45, 2.75) is 37.8 Å². The van der Waals surface area contributed by atoms with Gasteiger partial charge in [-0.3, -0.25) is 0 Å². The van der Waals surface area contributed by atoms with E-state index in [9.17, 15) is 10.2 Å². The average molecular weight is 625 g/mol. The van der Waals surface area contributed by atoms with E-state index in [4.69, 9.17) is 18.9 Å². The van der Waals surface area contributed by atoms with Gasteiger partial charge in [-0.25, -0.2) is 0 Å². The molecule has 0 amide bonds. The van der Waals surface area contributed by atoms with Crippen molar-refractivity contribution in [3.8, 4) is 46.0 Å². The van der Waals surface area contributed by atoms with Crippen LogP contribution in [0.3, 0.4) is 0 Å². The molecule has 2 atom stereocenters. The second-order valence-corrected chi connectivity index (χ2v) is 14.1. The maximum atomic E-state index is 11.5. The molecule has 0 unspecified atom stereocenters. The summed E-state index contributed by atoms with van der Waals surface area (Å²) >= 11 is 0. The minimum Gasteiger partial charge on any atom is -0.504 e. The third kappa shape index (κ3) is 5.19. The molecule has 4 aromatic rings. The zero-order valence-corrected chi connectivity index (χ0v) is 27.6. The van der Waals surface area contributed by atoms with Gasteiger partial charge in [-0.15, -0.1) is 0 Å². The lowest BCUT2D eigenvalue weighted by molar-refractivity contribution is -0.923. The number of benzene rings is 4. The van der Waals surface area contributed by atoms with Crippen LogP contribution < -0.4 is 18.9 Å². The smallest absolute Gasteiger partial charge is 0.201 e. The number of fused-ring (bicyclic) bond motifs is 2. The standard InChI is InChI=1S/C38H42N2O6/c1-39(2)15-13-25-20-33(43-5)34-22-28(25)29(39)17-23-7-10-27(11-8-23)45-38-36-26(21-35(44-6)37(38)42)14-16-40(3,4)30(36)18-24-9-12-31(41)32(19-24)46-34/h7-12,19-22,29-30H,13-18H2,1-6H3/p+2/t29-,30-/m0/s1. The van der Waals surface area contributed by atoms with Gasteiger partial charge in [0.15, 0.2) is 34.5 Å². The van der Waals surface area contributed by atoms with Crippen LogP contribution in [-0.2, 0) is 25.7 Å². The van der Waals surface area contributed by atoms with Crippen LogP contribution in [-0.4, -0.2) is 74.7 Å². The van der Waals surface area contributed by atoms with Crippen molar-refractivity contribution in [1.82, 2.24) is 0 Å². The van der Waals surface area contributed by atoms with Gasteiger partial charge >= 0.3 is 0 Å². The fourth-order valence-electron chi connectivity index (χ4n) is 7.61. The Balaban J connectivity index is 1.44. The fraction of sp³-hybridized carbons (Fsp3) is 0.368. The topological polar surface area (TPSA) is 77.4 Å². The molecule has 4 aromatic carbocycles. The first-order valence-corrected chi connectivity index (χ1v) is 16.0. The van der Waals surface area contributed by atoms with E-state index in [1.54, 1.807) is 20.3 Å². The molecule has 8 rings (SSSR count).